The van der Waals surface area contributed by atoms with Gasteiger partial charge in [0.15, 0.2) is 0 Å². The molecule has 1 unspecified atom stereocenters. The maximum atomic E-state index is 11.9. The lowest BCUT2D eigenvalue weighted by Crippen LogP contribution is -2.40. The van der Waals surface area contributed by atoms with Gasteiger partial charge in [-0.15, -0.1) is 10.2 Å². The van der Waals surface area contributed by atoms with Gasteiger partial charge in [0, 0.05) is 25.9 Å². The summed E-state index contributed by atoms with van der Waals surface area (Å²) in [5.41, 5.74) is 1.25. The molecule has 1 atom stereocenters. The Bertz CT molecular complexity index is 637. The van der Waals surface area contributed by atoms with Gasteiger partial charge in [0.05, 0.1) is 6.54 Å². The second kappa shape index (κ2) is 7.40. The van der Waals surface area contributed by atoms with Crippen LogP contribution in [0.25, 0.3) is 0 Å². The Morgan fingerprint density at radius 1 is 1.30 bits per heavy atom. The zero-order valence-corrected chi connectivity index (χ0v) is 13.7. The first-order chi connectivity index (χ1) is 11.3. The summed E-state index contributed by atoms with van der Waals surface area (Å²) < 4.78 is 2.12. The van der Waals surface area contributed by atoms with Crippen LogP contribution < -0.4 is 0 Å². The standard InChI is InChI=1S/C18H24N4O/c1-2-18(23)21-10-6-9-16(13-21)11-17-20-19-14-22(17)12-15-7-4-3-5-8-15/h3-5,7-8,14,16H,2,6,9-13H2,1H3. The minimum atomic E-state index is 0.264. The lowest BCUT2D eigenvalue weighted by Gasteiger charge is -2.32. The molecule has 2 heterocycles. The number of likely N-dealkylation sites (tertiary alicyclic amines) is 1. The third-order valence-electron chi connectivity index (χ3n) is 4.54. The van der Waals surface area contributed by atoms with Gasteiger partial charge in [0.25, 0.3) is 0 Å². The monoisotopic (exact) mass is 312 g/mol. The summed E-state index contributed by atoms with van der Waals surface area (Å²) >= 11 is 0. The van der Waals surface area contributed by atoms with Gasteiger partial charge in [-0.1, -0.05) is 37.3 Å². The lowest BCUT2D eigenvalue weighted by atomic mass is 9.94. The third kappa shape index (κ3) is 3.97. The van der Waals surface area contributed by atoms with Crippen LogP contribution in [-0.2, 0) is 17.8 Å². The highest BCUT2D eigenvalue weighted by Gasteiger charge is 2.24. The van der Waals surface area contributed by atoms with Crippen LogP contribution in [0.15, 0.2) is 36.7 Å². The number of hydrogen-bond donors (Lipinski definition) is 0. The molecule has 1 saturated heterocycles. The Labute approximate surface area is 137 Å². The van der Waals surface area contributed by atoms with Crippen LogP contribution in [0.3, 0.4) is 0 Å². The van der Waals surface area contributed by atoms with Crippen LogP contribution in [0.1, 0.15) is 37.6 Å². The molecule has 23 heavy (non-hydrogen) atoms. The molecular weight excluding hydrogens is 288 g/mol. The number of benzene rings is 1. The molecule has 0 saturated carbocycles. The summed E-state index contributed by atoms with van der Waals surface area (Å²) in [7, 11) is 0. The molecule has 0 aliphatic carbocycles. The van der Waals surface area contributed by atoms with Crippen molar-refractivity contribution < 1.29 is 4.79 Å². The van der Waals surface area contributed by atoms with E-state index in [0.717, 1.165) is 44.7 Å². The second-order valence-electron chi connectivity index (χ2n) is 6.27. The number of nitrogens with zero attached hydrogens (tertiary/aromatic N) is 4. The predicted octanol–water partition coefficient (Wildman–Crippen LogP) is 2.52. The Kier molecular flexibility index (Phi) is 5.05. The highest BCUT2D eigenvalue weighted by atomic mass is 16.2. The van der Waals surface area contributed by atoms with Crippen molar-refractivity contribution in [2.24, 2.45) is 5.92 Å². The van der Waals surface area contributed by atoms with E-state index in [1.807, 2.05) is 17.9 Å². The molecule has 3 rings (SSSR count). The van der Waals surface area contributed by atoms with Gasteiger partial charge in [0.2, 0.25) is 5.91 Å². The van der Waals surface area contributed by atoms with Gasteiger partial charge in [0.1, 0.15) is 12.2 Å². The smallest absolute Gasteiger partial charge is 0.222 e. The zero-order valence-electron chi connectivity index (χ0n) is 13.7. The Hall–Kier alpha value is -2.17. The first-order valence-electron chi connectivity index (χ1n) is 8.44. The maximum absolute atomic E-state index is 11.9. The van der Waals surface area contributed by atoms with Gasteiger partial charge in [-0.05, 0) is 24.3 Å². The van der Waals surface area contributed by atoms with E-state index in [-0.39, 0.29) is 5.91 Å². The maximum Gasteiger partial charge on any atom is 0.222 e. The largest absolute Gasteiger partial charge is 0.342 e. The lowest BCUT2D eigenvalue weighted by molar-refractivity contribution is -0.132. The fraction of sp³-hybridized carbons (Fsp3) is 0.500. The summed E-state index contributed by atoms with van der Waals surface area (Å²) in [6, 6.07) is 10.4. The number of rotatable bonds is 5. The molecule has 0 spiro atoms. The van der Waals surface area contributed by atoms with Crippen LogP contribution in [-0.4, -0.2) is 38.7 Å². The Balaban J connectivity index is 1.64. The van der Waals surface area contributed by atoms with E-state index in [1.165, 1.54) is 5.56 Å². The summed E-state index contributed by atoms with van der Waals surface area (Å²) in [6.07, 6.45) is 5.53. The number of carbonyl (C=O) groups is 1. The molecule has 1 aliphatic rings. The van der Waals surface area contributed by atoms with Gasteiger partial charge in [-0.2, -0.15) is 0 Å². The molecule has 1 aliphatic heterocycles. The average molecular weight is 312 g/mol. The van der Waals surface area contributed by atoms with Crippen LogP contribution in [0.4, 0.5) is 0 Å². The Morgan fingerprint density at radius 3 is 2.91 bits per heavy atom. The van der Waals surface area contributed by atoms with Crippen molar-refractivity contribution in [1.29, 1.82) is 0 Å². The molecule has 1 aromatic heterocycles. The summed E-state index contributed by atoms with van der Waals surface area (Å²) in [4.78, 5) is 13.9. The minimum absolute atomic E-state index is 0.264. The molecule has 5 nitrogen and oxygen atoms in total. The predicted molar refractivity (Wildman–Crippen MR) is 88.9 cm³/mol. The first kappa shape index (κ1) is 15.7. The van der Waals surface area contributed by atoms with Gasteiger partial charge in [-0.3, -0.25) is 4.79 Å². The van der Waals surface area contributed by atoms with Crippen LogP contribution in [0, 0.1) is 5.92 Å². The SMILES string of the molecule is CCC(=O)N1CCCC(Cc2nncn2Cc2ccccc2)C1. The molecule has 0 bridgehead atoms. The number of amides is 1. The third-order valence-corrected chi connectivity index (χ3v) is 4.54. The highest BCUT2D eigenvalue weighted by Crippen LogP contribution is 2.21. The first-order valence-corrected chi connectivity index (χ1v) is 8.44. The molecule has 122 valence electrons. The van der Waals surface area contributed by atoms with Gasteiger partial charge in [-0.25, -0.2) is 0 Å². The average Bonchev–Trinajstić information content (AvgIpc) is 3.02. The number of carbonyl (C=O) groups excluding carboxylic acids is 1. The fourth-order valence-corrected chi connectivity index (χ4v) is 3.29. The van der Waals surface area contributed by atoms with Crippen molar-refractivity contribution >= 4 is 5.91 Å². The molecule has 1 aromatic carbocycles. The molecule has 0 radical (unpaired) electrons. The minimum Gasteiger partial charge on any atom is -0.342 e. The Morgan fingerprint density at radius 2 is 2.13 bits per heavy atom. The second-order valence-corrected chi connectivity index (χ2v) is 6.27. The van der Waals surface area contributed by atoms with Crippen molar-refractivity contribution in [3.05, 3.63) is 48.0 Å². The van der Waals surface area contributed by atoms with Crippen LogP contribution in [0.5, 0.6) is 0 Å². The van der Waals surface area contributed by atoms with E-state index in [2.05, 4.69) is 39.0 Å². The summed E-state index contributed by atoms with van der Waals surface area (Å²) in [5, 5.41) is 8.39. The number of hydrogen-bond acceptors (Lipinski definition) is 3. The van der Waals surface area contributed by atoms with E-state index in [4.69, 9.17) is 0 Å². The van der Waals surface area contributed by atoms with E-state index in [9.17, 15) is 4.79 Å². The number of piperidine rings is 1. The van der Waals surface area contributed by atoms with Gasteiger partial charge >= 0.3 is 0 Å². The van der Waals surface area contributed by atoms with Crippen molar-refractivity contribution in [3.8, 4) is 0 Å². The number of aromatic nitrogens is 3. The zero-order chi connectivity index (χ0) is 16.1. The summed E-state index contributed by atoms with van der Waals surface area (Å²) in [5.74, 6) is 1.77. The van der Waals surface area contributed by atoms with Crippen molar-refractivity contribution in [2.75, 3.05) is 13.1 Å². The molecule has 1 amide bonds. The van der Waals surface area contributed by atoms with Crippen molar-refractivity contribution in [2.45, 2.75) is 39.2 Å². The topological polar surface area (TPSA) is 51.0 Å². The molecule has 5 heteroatoms. The van der Waals surface area contributed by atoms with E-state index in [1.54, 1.807) is 6.33 Å². The van der Waals surface area contributed by atoms with E-state index < -0.39 is 0 Å². The molecule has 2 aromatic rings. The fourth-order valence-electron chi connectivity index (χ4n) is 3.29. The van der Waals surface area contributed by atoms with Crippen LogP contribution >= 0.6 is 0 Å². The van der Waals surface area contributed by atoms with Crippen molar-refractivity contribution in [1.82, 2.24) is 19.7 Å². The summed E-state index contributed by atoms with van der Waals surface area (Å²) in [6.45, 7) is 4.49. The van der Waals surface area contributed by atoms with E-state index in [0.29, 0.717) is 12.3 Å². The molecular formula is C18H24N4O. The normalized spacial score (nSPS) is 18.1. The van der Waals surface area contributed by atoms with Crippen molar-refractivity contribution in [3.63, 3.8) is 0 Å². The van der Waals surface area contributed by atoms with E-state index >= 15 is 0 Å². The van der Waals surface area contributed by atoms with Crippen LogP contribution in [0.2, 0.25) is 0 Å². The van der Waals surface area contributed by atoms with Gasteiger partial charge < -0.3 is 9.47 Å². The molecule has 0 N–H and O–H groups in total. The molecule has 1 fully saturated rings. The highest BCUT2D eigenvalue weighted by molar-refractivity contribution is 5.75. The quantitative estimate of drug-likeness (QED) is 0.852.